The number of hydrogen-bond acceptors (Lipinski definition) is 7. The summed E-state index contributed by atoms with van der Waals surface area (Å²) in [6.45, 7) is 13.5. The number of nitrogens with zero attached hydrogens (tertiary/aromatic N) is 2. The maximum Gasteiger partial charge on any atom is 0.333 e. The third-order valence-corrected chi connectivity index (χ3v) is 7.28. The number of carbonyl (C=O) groups excluding carboxylic acids is 3. The van der Waals surface area contributed by atoms with Gasteiger partial charge in [0.1, 0.15) is 0 Å². The minimum Gasteiger partial charge on any atom is -0.330 e. The Morgan fingerprint density at radius 3 is 1.88 bits per heavy atom. The van der Waals surface area contributed by atoms with Crippen LogP contribution in [0.15, 0.2) is 0 Å². The van der Waals surface area contributed by atoms with Crippen LogP contribution in [0.4, 0.5) is 0 Å². The molecular formula is C23H43N2O6P. The molecule has 1 heterocycles. The number of amides is 2. The van der Waals surface area contributed by atoms with Crippen LogP contribution in [-0.2, 0) is 28.3 Å². The topological polar surface area (TPSA) is 85.4 Å². The van der Waals surface area contributed by atoms with Crippen LogP contribution in [0, 0.1) is 0 Å². The van der Waals surface area contributed by atoms with Crippen LogP contribution in [0.3, 0.4) is 0 Å². The predicted octanol–water partition coefficient (Wildman–Crippen LogP) is 5.50. The zero-order valence-corrected chi connectivity index (χ0v) is 21.7. The van der Waals surface area contributed by atoms with E-state index in [1.165, 1.54) is 0 Å². The SMILES string of the molecule is CC(C)OP(OCCCCCCCCCC(=O)ON1C(=O)CCC1=O)N(C(C)C)C(C)C. The summed E-state index contributed by atoms with van der Waals surface area (Å²) in [5.41, 5.74) is 0. The molecule has 0 aromatic rings. The molecule has 1 unspecified atom stereocenters. The fourth-order valence-electron chi connectivity index (χ4n) is 3.51. The first-order valence-corrected chi connectivity index (χ1v) is 13.2. The van der Waals surface area contributed by atoms with Gasteiger partial charge < -0.3 is 13.9 Å². The summed E-state index contributed by atoms with van der Waals surface area (Å²) in [4.78, 5) is 39.5. The Morgan fingerprint density at radius 2 is 1.38 bits per heavy atom. The molecule has 0 N–H and O–H groups in total. The van der Waals surface area contributed by atoms with Crippen molar-refractivity contribution < 1.29 is 28.3 Å². The summed E-state index contributed by atoms with van der Waals surface area (Å²) >= 11 is 0. The third-order valence-electron chi connectivity index (χ3n) is 4.97. The molecule has 0 aromatic carbocycles. The maximum atomic E-state index is 11.8. The van der Waals surface area contributed by atoms with E-state index in [0.29, 0.717) is 30.2 Å². The molecule has 9 heteroatoms. The number of unbranched alkanes of at least 4 members (excludes halogenated alkanes) is 6. The second-order valence-corrected chi connectivity index (χ2v) is 10.5. The zero-order valence-electron chi connectivity index (χ0n) is 20.8. The average molecular weight is 475 g/mol. The van der Waals surface area contributed by atoms with E-state index in [9.17, 15) is 14.4 Å². The number of imide groups is 1. The van der Waals surface area contributed by atoms with E-state index < -0.39 is 26.3 Å². The van der Waals surface area contributed by atoms with E-state index in [-0.39, 0.29) is 25.4 Å². The summed E-state index contributed by atoms with van der Waals surface area (Å²) in [5.74, 6) is -1.38. The van der Waals surface area contributed by atoms with Crippen LogP contribution < -0.4 is 0 Å². The normalized spacial score (nSPS) is 15.6. The fourth-order valence-corrected chi connectivity index (χ4v) is 5.21. The smallest absolute Gasteiger partial charge is 0.330 e. The number of hydroxylamine groups is 2. The molecule has 0 aliphatic carbocycles. The summed E-state index contributed by atoms with van der Waals surface area (Å²) < 4.78 is 14.5. The van der Waals surface area contributed by atoms with Gasteiger partial charge in [0.05, 0.1) is 12.7 Å². The first-order valence-electron chi connectivity index (χ1n) is 12.1. The lowest BCUT2D eigenvalue weighted by atomic mass is 10.1. The van der Waals surface area contributed by atoms with Crippen LogP contribution >= 0.6 is 8.53 Å². The highest BCUT2D eigenvalue weighted by Gasteiger charge is 2.32. The van der Waals surface area contributed by atoms with Crippen molar-refractivity contribution in [2.24, 2.45) is 0 Å². The molecule has 0 radical (unpaired) electrons. The minimum atomic E-state index is -1.05. The summed E-state index contributed by atoms with van der Waals surface area (Å²) in [6.07, 6.45) is 7.65. The molecule has 2 amide bonds. The van der Waals surface area contributed by atoms with Crippen molar-refractivity contribution in [2.45, 2.75) is 124 Å². The van der Waals surface area contributed by atoms with Gasteiger partial charge in [-0.3, -0.25) is 9.59 Å². The van der Waals surface area contributed by atoms with Gasteiger partial charge in [-0.2, -0.15) is 0 Å². The van der Waals surface area contributed by atoms with E-state index in [0.717, 1.165) is 38.5 Å². The Bertz CT molecular complexity index is 561. The Kier molecular flexibility index (Phi) is 14.2. The van der Waals surface area contributed by atoms with Gasteiger partial charge in [0.25, 0.3) is 20.3 Å². The Labute approximate surface area is 195 Å². The molecule has 0 spiro atoms. The van der Waals surface area contributed by atoms with Crippen molar-refractivity contribution in [3.63, 3.8) is 0 Å². The monoisotopic (exact) mass is 474 g/mol. The van der Waals surface area contributed by atoms with Crippen LogP contribution in [0.2, 0.25) is 0 Å². The summed E-state index contributed by atoms with van der Waals surface area (Å²) in [7, 11) is -1.05. The number of hydrogen-bond donors (Lipinski definition) is 0. The molecule has 32 heavy (non-hydrogen) atoms. The van der Waals surface area contributed by atoms with Crippen LogP contribution in [-0.4, -0.2) is 52.3 Å². The molecule has 1 rings (SSSR count). The van der Waals surface area contributed by atoms with Gasteiger partial charge in [-0.25, -0.2) is 9.46 Å². The highest BCUT2D eigenvalue weighted by atomic mass is 31.2. The van der Waals surface area contributed by atoms with Crippen LogP contribution in [0.5, 0.6) is 0 Å². The number of carbonyl (C=O) groups is 3. The van der Waals surface area contributed by atoms with Gasteiger partial charge in [0.2, 0.25) is 0 Å². The molecule has 0 bridgehead atoms. The van der Waals surface area contributed by atoms with Gasteiger partial charge >= 0.3 is 5.97 Å². The molecule has 1 atom stereocenters. The van der Waals surface area contributed by atoms with Crippen molar-refractivity contribution in [1.29, 1.82) is 0 Å². The van der Waals surface area contributed by atoms with E-state index in [1.807, 2.05) is 13.8 Å². The lowest BCUT2D eigenvalue weighted by Gasteiger charge is -2.36. The molecular weight excluding hydrogens is 431 g/mol. The van der Waals surface area contributed by atoms with E-state index in [1.54, 1.807) is 0 Å². The van der Waals surface area contributed by atoms with Crippen molar-refractivity contribution in [2.75, 3.05) is 6.61 Å². The van der Waals surface area contributed by atoms with Crippen molar-refractivity contribution in [3.05, 3.63) is 0 Å². The van der Waals surface area contributed by atoms with Crippen molar-refractivity contribution >= 4 is 26.3 Å². The van der Waals surface area contributed by atoms with E-state index >= 15 is 0 Å². The van der Waals surface area contributed by atoms with E-state index in [4.69, 9.17) is 13.9 Å². The molecule has 1 fully saturated rings. The molecule has 1 aliphatic rings. The second kappa shape index (κ2) is 15.7. The predicted molar refractivity (Wildman–Crippen MR) is 125 cm³/mol. The highest BCUT2D eigenvalue weighted by Crippen LogP contribution is 2.47. The fraction of sp³-hybridized carbons (Fsp3) is 0.870. The van der Waals surface area contributed by atoms with Gasteiger partial charge in [0, 0.05) is 31.3 Å². The third kappa shape index (κ3) is 11.2. The van der Waals surface area contributed by atoms with Gasteiger partial charge in [-0.05, 0) is 54.4 Å². The zero-order chi connectivity index (χ0) is 24.1. The molecule has 8 nitrogen and oxygen atoms in total. The molecule has 0 saturated carbocycles. The van der Waals surface area contributed by atoms with Gasteiger partial charge in [-0.15, -0.1) is 5.06 Å². The van der Waals surface area contributed by atoms with Crippen molar-refractivity contribution in [3.8, 4) is 0 Å². The molecule has 0 aromatic heterocycles. The van der Waals surface area contributed by atoms with Crippen molar-refractivity contribution in [1.82, 2.24) is 9.73 Å². The quantitative estimate of drug-likeness (QED) is 0.156. The highest BCUT2D eigenvalue weighted by molar-refractivity contribution is 7.44. The Balaban J connectivity index is 2.10. The van der Waals surface area contributed by atoms with Gasteiger partial charge in [0.15, 0.2) is 0 Å². The van der Waals surface area contributed by atoms with Crippen LogP contribution in [0.25, 0.3) is 0 Å². The summed E-state index contributed by atoms with van der Waals surface area (Å²) in [5, 5.41) is 0.615. The lowest BCUT2D eigenvalue weighted by Crippen LogP contribution is -2.34. The lowest BCUT2D eigenvalue weighted by molar-refractivity contribution is -0.197. The average Bonchev–Trinajstić information content (AvgIpc) is 3.00. The first-order chi connectivity index (χ1) is 15.1. The summed E-state index contributed by atoms with van der Waals surface area (Å²) in [6, 6.07) is 0.738. The van der Waals surface area contributed by atoms with E-state index in [2.05, 4.69) is 32.4 Å². The molecule has 1 saturated heterocycles. The van der Waals surface area contributed by atoms with Crippen LogP contribution in [0.1, 0.15) is 106 Å². The second-order valence-electron chi connectivity index (χ2n) is 9.06. The van der Waals surface area contributed by atoms with Gasteiger partial charge in [-0.1, -0.05) is 32.1 Å². The Morgan fingerprint density at radius 1 is 0.875 bits per heavy atom. The maximum absolute atomic E-state index is 11.8. The number of rotatable bonds is 17. The first kappa shape index (κ1) is 29.0. The molecule has 186 valence electrons. The molecule has 1 aliphatic heterocycles. The minimum absolute atomic E-state index is 0.122. The largest absolute Gasteiger partial charge is 0.333 e. The standard InChI is InChI=1S/C23H43N2O6P/c1-18(2)25(19(3)4)32(31-20(5)6)29-17-13-11-9-7-8-10-12-14-23(28)30-24-21(26)15-16-22(24)27/h18-20H,7-17H2,1-6H3. The Hall–Kier alpha value is -1.08.